The number of anilines is 1. The van der Waals surface area contributed by atoms with E-state index in [4.69, 9.17) is 4.74 Å². The molecule has 0 bridgehead atoms. The van der Waals surface area contributed by atoms with Gasteiger partial charge in [0, 0.05) is 32.9 Å². The van der Waals surface area contributed by atoms with Crippen molar-refractivity contribution < 1.29 is 31.2 Å². The van der Waals surface area contributed by atoms with E-state index in [2.05, 4.69) is 5.32 Å². The summed E-state index contributed by atoms with van der Waals surface area (Å²) in [6, 6.07) is 5.62. The predicted octanol–water partition coefficient (Wildman–Crippen LogP) is 0.0902. The molecule has 10 nitrogen and oxygen atoms in total. The van der Waals surface area contributed by atoms with Gasteiger partial charge in [-0.05, 0) is 37.1 Å². The number of nitrogens with zero attached hydrogens (tertiary/aromatic N) is 2. The first-order chi connectivity index (χ1) is 13.4. The van der Waals surface area contributed by atoms with E-state index in [1.165, 1.54) is 42.7 Å². The summed E-state index contributed by atoms with van der Waals surface area (Å²) in [6.45, 7) is 0.00285. The average molecular weight is 448 g/mol. The summed E-state index contributed by atoms with van der Waals surface area (Å²) >= 11 is 0. The Kier molecular flexibility index (Phi) is 7.38. The molecule has 1 aromatic carbocycles. The Hall–Kier alpha value is -2.02. The lowest BCUT2D eigenvalue weighted by molar-refractivity contribution is -0.152. The van der Waals surface area contributed by atoms with E-state index in [0.717, 1.165) is 10.6 Å². The minimum Gasteiger partial charge on any atom is -0.455 e. The van der Waals surface area contributed by atoms with E-state index in [-0.39, 0.29) is 18.0 Å². The van der Waals surface area contributed by atoms with Gasteiger partial charge in [0.1, 0.15) is 0 Å². The molecule has 1 heterocycles. The number of esters is 1. The number of carbonyl (C=O) groups is 2. The number of carbonyl (C=O) groups excluding carboxylic acids is 2. The molecule has 0 spiro atoms. The Balaban J connectivity index is 1.82. The smallest absolute Gasteiger partial charge is 0.309 e. The van der Waals surface area contributed by atoms with Crippen LogP contribution in [-0.2, 0) is 34.4 Å². The van der Waals surface area contributed by atoms with Gasteiger partial charge in [0.2, 0.25) is 20.0 Å². The first-order valence-corrected chi connectivity index (χ1v) is 12.1. The highest BCUT2D eigenvalue weighted by Crippen LogP contribution is 2.20. The van der Waals surface area contributed by atoms with E-state index in [0.29, 0.717) is 18.5 Å². The second-order valence-corrected chi connectivity index (χ2v) is 11.0. The fourth-order valence-electron chi connectivity index (χ4n) is 2.80. The zero-order chi connectivity index (χ0) is 21.8. The third-order valence-corrected chi connectivity index (χ3v) is 7.65. The molecule has 2 rings (SSSR count). The first kappa shape index (κ1) is 23.3. The molecule has 0 saturated carbocycles. The monoisotopic (exact) mass is 447 g/mol. The first-order valence-electron chi connectivity index (χ1n) is 8.85. The predicted molar refractivity (Wildman–Crippen MR) is 106 cm³/mol. The molecule has 0 radical (unpaired) electrons. The fourth-order valence-corrected chi connectivity index (χ4v) is 4.57. The number of nitrogens with one attached hydrogen (secondary N) is 1. The number of piperidine rings is 1. The minimum atomic E-state index is -3.56. The van der Waals surface area contributed by atoms with Crippen LogP contribution in [-0.4, -0.2) is 77.4 Å². The maximum absolute atomic E-state index is 12.1. The lowest BCUT2D eigenvalue weighted by Crippen LogP contribution is -2.40. The van der Waals surface area contributed by atoms with E-state index >= 15 is 0 Å². The second-order valence-electron chi connectivity index (χ2n) is 6.90. The SMILES string of the molecule is CN(C)S(=O)(=O)c1ccc(NC(=O)COC(=O)C2CCN(S(C)(=O)=O)CC2)cc1. The Morgan fingerprint density at radius 3 is 2.14 bits per heavy atom. The molecule has 0 unspecified atom stereocenters. The normalized spacial score (nSPS) is 16.6. The number of hydrogen-bond donors (Lipinski definition) is 1. The van der Waals surface area contributed by atoms with Gasteiger partial charge in [-0.3, -0.25) is 9.59 Å². The van der Waals surface area contributed by atoms with Gasteiger partial charge in [-0.15, -0.1) is 0 Å². The molecule has 0 atom stereocenters. The Bertz CT molecular complexity index is 949. The molecule has 1 saturated heterocycles. The van der Waals surface area contributed by atoms with Crippen molar-refractivity contribution in [2.24, 2.45) is 5.92 Å². The van der Waals surface area contributed by atoms with Gasteiger partial charge in [-0.1, -0.05) is 0 Å². The summed E-state index contributed by atoms with van der Waals surface area (Å²) in [5, 5.41) is 2.52. The van der Waals surface area contributed by atoms with Crippen LogP contribution in [0.1, 0.15) is 12.8 Å². The van der Waals surface area contributed by atoms with Crippen molar-refractivity contribution in [1.82, 2.24) is 8.61 Å². The highest BCUT2D eigenvalue weighted by atomic mass is 32.2. The summed E-state index contributed by atoms with van der Waals surface area (Å²) in [4.78, 5) is 24.1. The number of benzene rings is 1. The van der Waals surface area contributed by atoms with Crippen LogP contribution in [0.25, 0.3) is 0 Å². The number of hydrogen-bond acceptors (Lipinski definition) is 7. The van der Waals surface area contributed by atoms with Gasteiger partial charge in [-0.25, -0.2) is 25.4 Å². The van der Waals surface area contributed by atoms with Crippen LogP contribution in [0, 0.1) is 5.92 Å². The largest absolute Gasteiger partial charge is 0.455 e. The van der Waals surface area contributed by atoms with Crippen molar-refractivity contribution in [3.8, 4) is 0 Å². The topological polar surface area (TPSA) is 130 Å². The zero-order valence-corrected chi connectivity index (χ0v) is 18.1. The van der Waals surface area contributed by atoms with Gasteiger partial charge in [0.05, 0.1) is 17.1 Å². The second kappa shape index (κ2) is 9.20. The van der Waals surface area contributed by atoms with E-state index in [1.54, 1.807) is 0 Å². The maximum Gasteiger partial charge on any atom is 0.309 e. The van der Waals surface area contributed by atoms with E-state index in [1.807, 2.05) is 0 Å². The lowest BCUT2D eigenvalue weighted by atomic mass is 9.98. The van der Waals surface area contributed by atoms with E-state index in [9.17, 15) is 26.4 Å². The third-order valence-electron chi connectivity index (χ3n) is 4.52. The van der Waals surface area contributed by atoms with Crippen LogP contribution in [0.2, 0.25) is 0 Å². The Labute approximate surface area is 170 Å². The number of amides is 1. The molecule has 0 aromatic heterocycles. The highest BCUT2D eigenvalue weighted by molar-refractivity contribution is 7.89. The van der Waals surface area contributed by atoms with Crippen molar-refractivity contribution in [3.05, 3.63) is 24.3 Å². The minimum absolute atomic E-state index is 0.0902. The van der Waals surface area contributed by atoms with Crippen molar-refractivity contribution in [3.63, 3.8) is 0 Å². The standard InChI is InChI=1S/C17H25N3O7S2/c1-19(2)29(25,26)15-6-4-14(5-7-15)18-16(21)12-27-17(22)13-8-10-20(11-9-13)28(3,23)24/h4-7,13H,8-12H2,1-3H3,(H,18,21). The van der Waals surface area contributed by atoms with Gasteiger partial charge in [0.25, 0.3) is 5.91 Å². The number of rotatable bonds is 7. The zero-order valence-electron chi connectivity index (χ0n) is 16.5. The van der Waals surface area contributed by atoms with Crippen LogP contribution in [0.15, 0.2) is 29.2 Å². The maximum atomic E-state index is 12.1. The number of ether oxygens (including phenoxy) is 1. The molecular formula is C17H25N3O7S2. The van der Waals surface area contributed by atoms with Gasteiger partial charge < -0.3 is 10.1 Å². The molecule has 1 aromatic rings. The van der Waals surface area contributed by atoms with Crippen molar-refractivity contribution in [2.45, 2.75) is 17.7 Å². The quantitative estimate of drug-likeness (QED) is 0.586. The average Bonchev–Trinajstić information content (AvgIpc) is 2.66. The lowest BCUT2D eigenvalue weighted by Gasteiger charge is -2.28. The molecule has 1 N–H and O–H groups in total. The summed E-state index contributed by atoms with van der Waals surface area (Å²) in [7, 11) is -3.99. The van der Waals surface area contributed by atoms with Crippen molar-refractivity contribution >= 4 is 37.6 Å². The number of sulfonamides is 2. The molecule has 29 heavy (non-hydrogen) atoms. The van der Waals surface area contributed by atoms with Crippen LogP contribution in [0.3, 0.4) is 0 Å². The summed E-state index contributed by atoms with van der Waals surface area (Å²) < 4.78 is 54.4. The fraction of sp³-hybridized carbons (Fsp3) is 0.529. The Morgan fingerprint density at radius 2 is 1.66 bits per heavy atom. The molecule has 162 valence electrons. The van der Waals surface area contributed by atoms with Crippen molar-refractivity contribution in [2.75, 3.05) is 45.4 Å². The molecular weight excluding hydrogens is 422 g/mol. The third kappa shape index (κ3) is 6.23. The summed E-state index contributed by atoms with van der Waals surface area (Å²) in [5.41, 5.74) is 0.366. The molecule has 1 fully saturated rings. The van der Waals surface area contributed by atoms with E-state index < -0.39 is 44.4 Å². The molecule has 1 aliphatic heterocycles. The van der Waals surface area contributed by atoms with Gasteiger partial charge >= 0.3 is 5.97 Å². The molecule has 1 aliphatic rings. The van der Waals surface area contributed by atoms with Crippen molar-refractivity contribution in [1.29, 1.82) is 0 Å². The van der Waals surface area contributed by atoms with Crippen LogP contribution in [0.4, 0.5) is 5.69 Å². The summed E-state index contributed by atoms with van der Waals surface area (Å²) in [6.07, 6.45) is 1.81. The van der Waals surface area contributed by atoms with Gasteiger partial charge in [-0.2, -0.15) is 0 Å². The molecule has 1 amide bonds. The van der Waals surface area contributed by atoms with Crippen LogP contribution < -0.4 is 5.32 Å². The van der Waals surface area contributed by atoms with Crippen LogP contribution >= 0.6 is 0 Å². The summed E-state index contributed by atoms with van der Waals surface area (Å²) in [5.74, 6) is -1.55. The molecule has 0 aliphatic carbocycles. The molecule has 12 heteroatoms. The van der Waals surface area contributed by atoms with Crippen LogP contribution in [0.5, 0.6) is 0 Å². The van der Waals surface area contributed by atoms with Gasteiger partial charge in [0.15, 0.2) is 6.61 Å². The highest BCUT2D eigenvalue weighted by Gasteiger charge is 2.30. The Morgan fingerprint density at radius 1 is 1.10 bits per heavy atom.